The molecule has 126 valence electrons. The second kappa shape index (κ2) is 6.68. The molecule has 0 unspecified atom stereocenters. The Morgan fingerprint density at radius 1 is 1.17 bits per heavy atom. The molecule has 2 aromatic heterocycles. The topological polar surface area (TPSA) is 63.2 Å². The number of ether oxygens (including phenoxy) is 1. The molecular weight excluding hydrogens is 309 g/mol. The van der Waals surface area contributed by atoms with E-state index < -0.39 is 5.82 Å². The van der Waals surface area contributed by atoms with Crippen LogP contribution in [-0.2, 0) is 24.1 Å². The molecule has 1 aliphatic heterocycles. The van der Waals surface area contributed by atoms with Crippen molar-refractivity contribution in [2.45, 2.75) is 25.8 Å². The van der Waals surface area contributed by atoms with Crippen LogP contribution in [0.4, 0.5) is 16.2 Å². The third kappa shape index (κ3) is 3.17. The van der Waals surface area contributed by atoms with E-state index in [1.165, 1.54) is 23.9 Å². The molecule has 1 fully saturated rings. The molecule has 0 bridgehead atoms. The highest BCUT2D eigenvalue weighted by Gasteiger charge is 2.18. The van der Waals surface area contributed by atoms with Crippen LogP contribution in [0.15, 0.2) is 18.5 Å². The maximum absolute atomic E-state index is 14.0. The van der Waals surface area contributed by atoms with E-state index in [4.69, 9.17) is 4.74 Å². The van der Waals surface area contributed by atoms with Gasteiger partial charge in [-0.05, 0) is 30.4 Å². The van der Waals surface area contributed by atoms with E-state index in [0.717, 1.165) is 18.4 Å². The monoisotopic (exact) mass is 329 g/mol. The Balaban J connectivity index is 1.46. The number of morpholine rings is 1. The smallest absolute Gasteiger partial charge is 0.225 e. The summed E-state index contributed by atoms with van der Waals surface area (Å²) in [5, 5.41) is 3.17. The van der Waals surface area contributed by atoms with Gasteiger partial charge in [0.05, 0.1) is 19.4 Å². The van der Waals surface area contributed by atoms with Gasteiger partial charge in [0.15, 0.2) is 11.6 Å². The predicted molar refractivity (Wildman–Crippen MR) is 88.6 cm³/mol. The SMILES string of the molecule is Fc1cnc(NCc2cnc3c(c2)CCC3)nc1N1CCOCC1. The van der Waals surface area contributed by atoms with Crippen molar-refractivity contribution in [1.82, 2.24) is 15.0 Å². The Labute approximate surface area is 140 Å². The molecule has 2 aromatic rings. The number of hydrogen-bond acceptors (Lipinski definition) is 6. The van der Waals surface area contributed by atoms with Gasteiger partial charge in [-0.25, -0.2) is 9.37 Å². The zero-order valence-corrected chi connectivity index (χ0v) is 13.5. The van der Waals surface area contributed by atoms with Crippen LogP contribution in [0.1, 0.15) is 23.2 Å². The fourth-order valence-corrected chi connectivity index (χ4v) is 3.19. The Hall–Kier alpha value is -2.28. The minimum atomic E-state index is -0.401. The average molecular weight is 329 g/mol. The summed E-state index contributed by atoms with van der Waals surface area (Å²) in [7, 11) is 0. The fraction of sp³-hybridized carbons (Fsp3) is 0.471. The lowest BCUT2D eigenvalue weighted by atomic mass is 10.1. The number of hydrogen-bond donors (Lipinski definition) is 1. The lowest BCUT2D eigenvalue weighted by Gasteiger charge is -2.28. The summed E-state index contributed by atoms with van der Waals surface area (Å²) in [5.41, 5.74) is 3.64. The molecule has 3 heterocycles. The van der Waals surface area contributed by atoms with Crippen molar-refractivity contribution in [3.63, 3.8) is 0 Å². The minimum Gasteiger partial charge on any atom is -0.378 e. The molecule has 6 nitrogen and oxygen atoms in total. The maximum Gasteiger partial charge on any atom is 0.225 e. The number of aromatic nitrogens is 3. The van der Waals surface area contributed by atoms with Gasteiger partial charge in [0.2, 0.25) is 5.95 Å². The first kappa shape index (κ1) is 15.3. The lowest BCUT2D eigenvalue weighted by molar-refractivity contribution is 0.122. The highest BCUT2D eigenvalue weighted by molar-refractivity contribution is 5.44. The Bertz CT molecular complexity index is 733. The van der Waals surface area contributed by atoms with Gasteiger partial charge in [0, 0.05) is 31.5 Å². The third-order valence-corrected chi connectivity index (χ3v) is 4.46. The summed E-state index contributed by atoms with van der Waals surface area (Å²) >= 11 is 0. The summed E-state index contributed by atoms with van der Waals surface area (Å²) < 4.78 is 19.3. The van der Waals surface area contributed by atoms with Crippen LogP contribution in [0.25, 0.3) is 0 Å². The number of fused-ring (bicyclic) bond motifs is 1. The molecule has 0 atom stereocenters. The summed E-state index contributed by atoms with van der Waals surface area (Å²) in [4.78, 5) is 14.8. The second-order valence-corrected chi connectivity index (χ2v) is 6.12. The molecule has 0 saturated carbocycles. The van der Waals surface area contributed by atoms with Crippen molar-refractivity contribution >= 4 is 11.8 Å². The van der Waals surface area contributed by atoms with E-state index in [-0.39, 0.29) is 0 Å². The van der Waals surface area contributed by atoms with Gasteiger partial charge in [-0.15, -0.1) is 0 Å². The number of nitrogens with one attached hydrogen (secondary N) is 1. The van der Waals surface area contributed by atoms with Crippen molar-refractivity contribution in [1.29, 1.82) is 0 Å². The van der Waals surface area contributed by atoms with Crippen LogP contribution in [0.5, 0.6) is 0 Å². The first-order valence-corrected chi connectivity index (χ1v) is 8.35. The normalized spacial score (nSPS) is 17.0. The molecule has 4 rings (SSSR count). The van der Waals surface area contributed by atoms with Crippen LogP contribution in [0.2, 0.25) is 0 Å². The average Bonchev–Trinajstić information content (AvgIpc) is 3.09. The number of nitrogens with zero attached hydrogens (tertiary/aromatic N) is 4. The Morgan fingerprint density at radius 3 is 2.92 bits per heavy atom. The number of aryl methyl sites for hydroxylation is 2. The molecule has 0 radical (unpaired) electrons. The van der Waals surface area contributed by atoms with E-state index in [9.17, 15) is 4.39 Å². The molecule has 2 aliphatic rings. The van der Waals surface area contributed by atoms with E-state index in [0.29, 0.717) is 44.6 Å². The van der Waals surface area contributed by atoms with Crippen LogP contribution < -0.4 is 10.2 Å². The van der Waals surface area contributed by atoms with Crippen molar-refractivity contribution < 1.29 is 9.13 Å². The molecule has 24 heavy (non-hydrogen) atoms. The lowest BCUT2D eigenvalue weighted by Crippen LogP contribution is -2.37. The van der Waals surface area contributed by atoms with E-state index in [1.807, 2.05) is 11.1 Å². The van der Waals surface area contributed by atoms with Crippen LogP contribution in [0.3, 0.4) is 0 Å². The number of halogens is 1. The zero-order chi connectivity index (χ0) is 16.4. The van der Waals surface area contributed by atoms with Crippen LogP contribution in [0, 0.1) is 5.82 Å². The van der Waals surface area contributed by atoms with Gasteiger partial charge >= 0.3 is 0 Å². The first-order chi connectivity index (χ1) is 11.8. The summed E-state index contributed by atoms with van der Waals surface area (Å²) in [6, 6.07) is 2.19. The third-order valence-electron chi connectivity index (χ3n) is 4.46. The fourth-order valence-electron chi connectivity index (χ4n) is 3.19. The van der Waals surface area contributed by atoms with Crippen molar-refractivity contribution in [3.8, 4) is 0 Å². The van der Waals surface area contributed by atoms with Crippen molar-refractivity contribution in [2.24, 2.45) is 0 Å². The zero-order valence-electron chi connectivity index (χ0n) is 13.5. The Morgan fingerprint density at radius 2 is 2.04 bits per heavy atom. The van der Waals surface area contributed by atoms with Gasteiger partial charge in [0.1, 0.15) is 0 Å². The molecule has 0 amide bonds. The first-order valence-electron chi connectivity index (χ1n) is 8.35. The van der Waals surface area contributed by atoms with Gasteiger partial charge in [-0.3, -0.25) is 4.98 Å². The van der Waals surface area contributed by atoms with E-state index >= 15 is 0 Å². The predicted octanol–water partition coefficient (Wildman–Crippen LogP) is 1.95. The van der Waals surface area contributed by atoms with Gasteiger partial charge in [-0.2, -0.15) is 4.98 Å². The van der Waals surface area contributed by atoms with Crippen LogP contribution >= 0.6 is 0 Å². The molecule has 7 heteroatoms. The molecule has 1 saturated heterocycles. The quantitative estimate of drug-likeness (QED) is 0.925. The molecule has 0 spiro atoms. The number of anilines is 2. The largest absolute Gasteiger partial charge is 0.378 e. The minimum absolute atomic E-state index is 0.336. The molecule has 1 N–H and O–H groups in total. The highest BCUT2D eigenvalue weighted by Crippen LogP contribution is 2.21. The summed E-state index contributed by atoms with van der Waals surface area (Å²) in [5.74, 6) is 0.364. The van der Waals surface area contributed by atoms with Crippen LogP contribution in [-0.4, -0.2) is 41.3 Å². The molecule has 0 aromatic carbocycles. The van der Waals surface area contributed by atoms with Crippen molar-refractivity contribution in [3.05, 3.63) is 41.1 Å². The van der Waals surface area contributed by atoms with E-state index in [2.05, 4.69) is 26.3 Å². The van der Waals surface area contributed by atoms with Gasteiger partial charge < -0.3 is 15.0 Å². The second-order valence-electron chi connectivity index (χ2n) is 6.12. The Kier molecular flexibility index (Phi) is 4.25. The van der Waals surface area contributed by atoms with Crippen molar-refractivity contribution in [2.75, 3.05) is 36.5 Å². The van der Waals surface area contributed by atoms with Gasteiger partial charge in [-0.1, -0.05) is 6.07 Å². The maximum atomic E-state index is 14.0. The number of pyridine rings is 1. The summed E-state index contributed by atoms with van der Waals surface area (Å²) in [6.07, 6.45) is 6.48. The summed E-state index contributed by atoms with van der Waals surface area (Å²) in [6.45, 7) is 3.04. The highest BCUT2D eigenvalue weighted by atomic mass is 19.1. The standard InChI is InChI=1S/C17H20FN5O/c18-14-11-21-17(22-16(14)23-4-6-24-7-5-23)20-10-12-8-13-2-1-3-15(13)19-9-12/h8-9,11H,1-7,10H2,(H,20,21,22). The molecular formula is C17H20FN5O. The molecule has 1 aliphatic carbocycles. The van der Waals surface area contributed by atoms with Gasteiger partial charge in [0.25, 0.3) is 0 Å². The number of rotatable bonds is 4. The van der Waals surface area contributed by atoms with E-state index in [1.54, 1.807) is 0 Å².